The molecule has 1 heterocycles. The van der Waals surface area contributed by atoms with Gasteiger partial charge in [-0.15, -0.1) is 0 Å². The normalized spacial score (nSPS) is 34.0. The van der Waals surface area contributed by atoms with Gasteiger partial charge in [0.25, 0.3) is 0 Å². The van der Waals surface area contributed by atoms with Crippen LogP contribution >= 0.6 is 0 Å². The minimum Gasteiger partial charge on any atom is -0.310 e. The van der Waals surface area contributed by atoms with Gasteiger partial charge in [0, 0.05) is 17.6 Å². The Kier molecular flexibility index (Phi) is 3.36. The van der Waals surface area contributed by atoms with E-state index in [1.807, 2.05) is 0 Å². The van der Waals surface area contributed by atoms with Crippen LogP contribution in [0.5, 0.6) is 0 Å². The lowest BCUT2D eigenvalue weighted by Gasteiger charge is -2.45. The lowest BCUT2D eigenvalue weighted by Crippen LogP contribution is -2.58. The van der Waals surface area contributed by atoms with Crippen LogP contribution in [0.25, 0.3) is 0 Å². The predicted octanol–water partition coefficient (Wildman–Crippen LogP) is 2.44. The van der Waals surface area contributed by atoms with Gasteiger partial charge in [0.15, 0.2) is 0 Å². The molecule has 2 fully saturated rings. The van der Waals surface area contributed by atoms with Gasteiger partial charge in [-0.25, -0.2) is 0 Å². The summed E-state index contributed by atoms with van der Waals surface area (Å²) in [5.41, 5.74) is 0.921. The van der Waals surface area contributed by atoms with Crippen LogP contribution in [0, 0.1) is 0 Å². The zero-order valence-electron chi connectivity index (χ0n) is 10.4. The SMILES string of the molecule is CCC1(NCC2(CC)CCCN2)CCC1. The lowest BCUT2D eigenvalue weighted by atomic mass is 9.74. The second-order valence-electron chi connectivity index (χ2n) is 5.51. The molecule has 1 aliphatic carbocycles. The number of hydrogen-bond donors (Lipinski definition) is 2. The Morgan fingerprint density at radius 3 is 2.27 bits per heavy atom. The van der Waals surface area contributed by atoms with E-state index in [-0.39, 0.29) is 0 Å². The summed E-state index contributed by atoms with van der Waals surface area (Å²) in [6.07, 6.45) is 9.48. The maximum atomic E-state index is 3.85. The highest BCUT2D eigenvalue weighted by atomic mass is 15.1. The van der Waals surface area contributed by atoms with Gasteiger partial charge in [0.1, 0.15) is 0 Å². The lowest BCUT2D eigenvalue weighted by molar-refractivity contribution is 0.156. The first-order chi connectivity index (χ1) is 7.24. The molecule has 0 aromatic carbocycles. The molecule has 2 aliphatic rings. The fourth-order valence-corrected chi connectivity index (χ4v) is 3.06. The smallest absolute Gasteiger partial charge is 0.0304 e. The Morgan fingerprint density at radius 2 is 1.87 bits per heavy atom. The van der Waals surface area contributed by atoms with Gasteiger partial charge in [-0.2, -0.15) is 0 Å². The molecule has 0 bridgehead atoms. The third kappa shape index (κ3) is 2.21. The van der Waals surface area contributed by atoms with Crippen molar-refractivity contribution in [2.45, 2.75) is 69.9 Å². The molecule has 0 radical (unpaired) electrons. The summed E-state index contributed by atoms with van der Waals surface area (Å²) in [6, 6.07) is 0. The van der Waals surface area contributed by atoms with Crippen LogP contribution in [0.3, 0.4) is 0 Å². The van der Waals surface area contributed by atoms with Crippen LogP contribution in [0.15, 0.2) is 0 Å². The summed E-state index contributed by atoms with van der Waals surface area (Å²) in [7, 11) is 0. The fraction of sp³-hybridized carbons (Fsp3) is 1.00. The molecular formula is C13H26N2. The van der Waals surface area contributed by atoms with E-state index in [1.165, 1.54) is 58.0 Å². The van der Waals surface area contributed by atoms with Crippen LogP contribution in [-0.2, 0) is 0 Å². The summed E-state index contributed by atoms with van der Waals surface area (Å²) in [5, 5.41) is 7.56. The molecule has 15 heavy (non-hydrogen) atoms. The van der Waals surface area contributed by atoms with Crippen molar-refractivity contribution in [3.05, 3.63) is 0 Å². The molecule has 0 spiro atoms. The summed E-state index contributed by atoms with van der Waals surface area (Å²) >= 11 is 0. The summed E-state index contributed by atoms with van der Waals surface area (Å²) in [4.78, 5) is 0. The van der Waals surface area contributed by atoms with Crippen molar-refractivity contribution in [2.24, 2.45) is 0 Å². The molecule has 2 N–H and O–H groups in total. The van der Waals surface area contributed by atoms with E-state index >= 15 is 0 Å². The van der Waals surface area contributed by atoms with Gasteiger partial charge in [0.05, 0.1) is 0 Å². The maximum Gasteiger partial charge on any atom is 0.0304 e. The van der Waals surface area contributed by atoms with Crippen molar-refractivity contribution in [1.29, 1.82) is 0 Å². The highest BCUT2D eigenvalue weighted by Gasteiger charge is 2.38. The van der Waals surface area contributed by atoms with Gasteiger partial charge in [-0.05, 0) is 51.5 Å². The third-order valence-corrected chi connectivity index (χ3v) is 4.80. The van der Waals surface area contributed by atoms with Crippen molar-refractivity contribution in [3.8, 4) is 0 Å². The second-order valence-corrected chi connectivity index (χ2v) is 5.51. The predicted molar refractivity (Wildman–Crippen MR) is 65.1 cm³/mol. The topological polar surface area (TPSA) is 24.1 Å². The Bertz CT molecular complexity index is 197. The molecule has 0 aromatic rings. The van der Waals surface area contributed by atoms with Crippen LogP contribution < -0.4 is 10.6 Å². The first kappa shape index (κ1) is 11.4. The van der Waals surface area contributed by atoms with Crippen molar-refractivity contribution < 1.29 is 0 Å². The number of hydrogen-bond acceptors (Lipinski definition) is 2. The monoisotopic (exact) mass is 210 g/mol. The number of rotatable bonds is 5. The molecule has 88 valence electrons. The van der Waals surface area contributed by atoms with Crippen molar-refractivity contribution >= 4 is 0 Å². The van der Waals surface area contributed by atoms with E-state index < -0.39 is 0 Å². The zero-order valence-corrected chi connectivity index (χ0v) is 10.4. The van der Waals surface area contributed by atoms with E-state index in [2.05, 4.69) is 24.5 Å². The highest BCUT2D eigenvalue weighted by molar-refractivity contribution is 5.00. The molecule has 2 nitrogen and oxygen atoms in total. The first-order valence-corrected chi connectivity index (χ1v) is 6.74. The van der Waals surface area contributed by atoms with Crippen LogP contribution in [0.4, 0.5) is 0 Å². The van der Waals surface area contributed by atoms with Gasteiger partial charge >= 0.3 is 0 Å². The summed E-state index contributed by atoms with van der Waals surface area (Å²) in [5.74, 6) is 0. The molecule has 1 unspecified atom stereocenters. The van der Waals surface area contributed by atoms with Gasteiger partial charge in [-0.1, -0.05) is 13.8 Å². The standard InChI is InChI=1S/C13H26N2/c1-3-12(7-5-8-12)15-11-13(4-2)9-6-10-14-13/h14-15H,3-11H2,1-2H3. The summed E-state index contributed by atoms with van der Waals surface area (Å²) < 4.78 is 0. The van der Waals surface area contributed by atoms with Gasteiger partial charge in [0.2, 0.25) is 0 Å². The Balaban J connectivity index is 1.85. The molecular weight excluding hydrogens is 184 g/mol. The van der Waals surface area contributed by atoms with Gasteiger partial charge < -0.3 is 10.6 Å². The molecule has 0 aromatic heterocycles. The highest BCUT2D eigenvalue weighted by Crippen LogP contribution is 2.35. The Hall–Kier alpha value is -0.0800. The van der Waals surface area contributed by atoms with Crippen LogP contribution in [-0.4, -0.2) is 24.2 Å². The first-order valence-electron chi connectivity index (χ1n) is 6.74. The Labute approximate surface area is 94.2 Å². The summed E-state index contributed by atoms with van der Waals surface area (Å²) in [6.45, 7) is 7.04. The molecule has 1 saturated heterocycles. The third-order valence-electron chi connectivity index (χ3n) is 4.80. The van der Waals surface area contributed by atoms with E-state index in [1.54, 1.807) is 0 Å². The van der Waals surface area contributed by atoms with Crippen LogP contribution in [0.1, 0.15) is 58.8 Å². The molecule has 1 saturated carbocycles. The maximum absolute atomic E-state index is 3.85. The van der Waals surface area contributed by atoms with Gasteiger partial charge in [-0.3, -0.25) is 0 Å². The average molecular weight is 210 g/mol. The fourth-order valence-electron chi connectivity index (χ4n) is 3.06. The van der Waals surface area contributed by atoms with E-state index in [9.17, 15) is 0 Å². The average Bonchev–Trinajstić information content (AvgIpc) is 2.66. The largest absolute Gasteiger partial charge is 0.310 e. The molecule has 0 amide bonds. The molecule has 1 atom stereocenters. The van der Waals surface area contributed by atoms with E-state index in [0.717, 1.165) is 0 Å². The zero-order chi connectivity index (χ0) is 10.8. The molecule has 2 rings (SSSR count). The minimum absolute atomic E-state index is 0.414. The van der Waals surface area contributed by atoms with E-state index in [0.29, 0.717) is 11.1 Å². The van der Waals surface area contributed by atoms with Crippen molar-refractivity contribution in [3.63, 3.8) is 0 Å². The quantitative estimate of drug-likeness (QED) is 0.728. The van der Waals surface area contributed by atoms with E-state index in [4.69, 9.17) is 0 Å². The molecule has 2 heteroatoms. The Morgan fingerprint density at radius 1 is 1.07 bits per heavy atom. The number of nitrogens with one attached hydrogen (secondary N) is 2. The van der Waals surface area contributed by atoms with Crippen molar-refractivity contribution in [1.82, 2.24) is 10.6 Å². The second kappa shape index (κ2) is 4.42. The van der Waals surface area contributed by atoms with Crippen LogP contribution in [0.2, 0.25) is 0 Å². The minimum atomic E-state index is 0.414. The van der Waals surface area contributed by atoms with Crippen molar-refractivity contribution in [2.75, 3.05) is 13.1 Å². The molecule has 1 aliphatic heterocycles.